The first-order chi connectivity index (χ1) is 12.3. The second-order valence-electron chi connectivity index (χ2n) is 7.77. The third kappa shape index (κ3) is 4.15. The van der Waals surface area contributed by atoms with E-state index < -0.39 is 0 Å². The monoisotopic (exact) mass is 378 g/mol. The minimum absolute atomic E-state index is 0. The van der Waals surface area contributed by atoms with Gasteiger partial charge in [0.1, 0.15) is 5.82 Å². The normalized spacial score (nSPS) is 25.2. The summed E-state index contributed by atoms with van der Waals surface area (Å²) in [6.45, 7) is 5.35. The maximum atomic E-state index is 11.3. The van der Waals surface area contributed by atoms with Gasteiger partial charge in [0.05, 0.1) is 6.04 Å². The highest BCUT2D eigenvalue weighted by molar-refractivity contribution is 5.85. The third-order valence-electron chi connectivity index (χ3n) is 6.31. The van der Waals surface area contributed by atoms with E-state index >= 15 is 0 Å². The maximum Gasteiger partial charge on any atom is 0.210 e. The number of aromatic nitrogens is 1. The summed E-state index contributed by atoms with van der Waals surface area (Å²) in [4.78, 5) is 23.0. The maximum absolute atomic E-state index is 11.3. The van der Waals surface area contributed by atoms with E-state index in [1.165, 1.54) is 37.7 Å². The average molecular weight is 379 g/mol. The SMILES string of the molecule is Cl.O=CN1CCCCC1c1ccc(N2CCN(C3CCCC3)CC2)nc1. The summed E-state index contributed by atoms with van der Waals surface area (Å²) in [6.07, 6.45) is 12.0. The molecule has 2 saturated heterocycles. The molecule has 3 aliphatic rings. The van der Waals surface area contributed by atoms with E-state index in [2.05, 4.69) is 21.9 Å². The lowest BCUT2D eigenvalue weighted by Gasteiger charge is -2.38. The minimum atomic E-state index is 0. The van der Waals surface area contributed by atoms with Gasteiger partial charge in [0.15, 0.2) is 0 Å². The minimum Gasteiger partial charge on any atom is -0.354 e. The van der Waals surface area contributed by atoms with Gasteiger partial charge in [-0.25, -0.2) is 4.98 Å². The highest BCUT2D eigenvalue weighted by Crippen LogP contribution is 2.30. The Hall–Kier alpha value is -1.33. The van der Waals surface area contributed by atoms with Gasteiger partial charge in [0.2, 0.25) is 6.41 Å². The van der Waals surface area contributed by atoms with Crippen molar-refractivity contribution in [2.24, 2.45) is 0 Å². The number of likely N-dealkylation sites (tertiary alicyclic amines) is 1. The van der Waals surface area contributed by atoms with Crippen molar-refractivity contribution in [3.05, 3.63) is 23.9 Å². The Labute approximate surface area is 163 Å². The first-order valence-corrected chi connectivity index (χ1v) is 10.0. The quantitative estimate of drug-likeness (QED) is 0.754. The van der Waals surface area contributed by atoms with Crippen LogP contribution in [0.15, 0.2) is 18.3 Å². The van der Waals surface area contributed by atoms with Crippen LogP contribution in [-0.2, 0) is 4.79 Å². The van der Waals surface area contributed by atoms with Crippen molar-refractivity contribution < 1.29 is 4.79 Å². The number of carbonyl (C=O) groups is 1. The summed E-state index contributed by atoms with van der Waals surface area (Å²) in [5.74, 6) is 1.09. The second-order valence-corrected chi connectivity index (χ2v) is 7.77. The first-order valence-electron chi connectivity index (χ1n) is 10.0. The molecule has 1 aromatic heterocycles. The van der Waals surface area contributed by atoms with Gasteiger partial charge in [-0.2, -0.15) is 0 Å². The topological polar surface area (TPSA) is 39.7 Å². The summed E-state index contributed by atoms with van der Waals surface area (Å²) in [7, 11) is 0. The molecule has 4 rings (SSSR count). The Bertz CT molecular complexity index is 568. The van der Waals surface area contributed by atoms with Gasteiger partial charge in [-0.1, -0.05) is 18.9 Å². The number of rotatable bonds is 4. The molecule has 1 aromatic rings. The zero-order valence-electron chi connectivity index (χ0n) is 15.6. The molecule has 26 heavy (non-hydrogen) atoms. The zero-order valence-corrected chi connectivity index (χ0v) is 16.4. The van der Waals surface area contributed by atoms with E-state index in [0.29, 0.717) is 0 Å². The summed E-state index contributed by atoms with van der Waals surface area (Å²) in [5, 5.41) is 0. The van der Waals surface area contributed by atoms with E-state index in [-0.39, 0.29) is 18.4 Å². The van der Waals surface area contributed by atoms with E-state index in [9.17, 15) is 4.79 Å². The Morgan fingerprint density at radius 1 is 0.923 bits per heavy atom. The van der Waals surface area contributed by atoms with Crippen molar-refractivity contribution in [1.29, 1.82) is 0 Å². The second kappa shape index (κ2) is 9.05. The van der Waals surface area contributed by atoms with Gasteiger partial charge >= 0.3 is 0 Å². The molecule has 6 heteroatoms. The molecule has 1 amide bonds. The van der Waals surface area contributed by atoms with Crippen LogP contribution in [0.2, 0.25) is 0 Å². The van der Waals surface area contributed by atoms with Gasteiger partial charge in [0, 0.05) is 45.0 Å². The molecule has 3 heterocycles. The highest BCUT2D eigenvalue weighted by Gasteiger charge is 2.27. The molecule has 3 fully saturated rings. The predicted molar refractivity (Wildman–Crippen MR) is 107 cm³/mol. The van der Waals surface area contributed by atoms with Crippen LogP contribution in [0.25, 0.3) is 0 Å². The largest absolute Gasteiger partial charge is 0.354 e. The van der Waals surface area contributed by atoms with Crippen LogP contribution in [0, 0.1) is 0 Å². The van der Waals surface area contributed by atoms with Gasteiger partial charge in [-0.15, -0.1) is 12.4 Å². The van der Waals surface area contributed by atoms with E-state index in [1.807, 2.05) is 11.1 Å². The van der Waals surface area contributed by atoms with Crippen LogP contribution < -0.4 is 4.90 Å². The van der Waals surface area contributed by atoms with Crippen molar-refractivity contribution in [3.63, 3.8) is 0 Å². The molecule has 1 unspecified atom stereocenters. The van der Waals surface area contributed by atoms with Crippen LogP contribution in [0.4, 0.5) is 5.82 Å². The lowest BCUT2D eigenvalue weighted by molar-refractivity contribution is -0.121. The third-order valence-corrected chi connectivity index (χ3v) is 6.31. The number of carbonyl (C=O) groups excluding carboxylic acids is 1. The lowest BCUT2D eigenvalue weighted by atomic mass is 9.97. The number of hydrogen-bond acceptors (Lipinski definition) is 4. The molecule has 5 nitrogen and oxygen atoms in total. The molecule has 0 spiro atoms. The number of nitrogens with zero attached hydrogens (tertiary/aromatic N) is 4. The number of halogens is 1. The van der Waals surface area contributed by atoms with Crippen molar-refractivity contribution in [1.82, 2.24) is 14.8 Å². The summed E-state index contributed by atoms with van der Waals surface area (Å²) >= 11 is 0. The van der Waals surface area contributed by atoms with Crippen LogP contribution in [0.1, 0.15) is 56.6 Å². The fraction of sp³-hybridized carbons (Fsp3) is 0.700. The highest BCUT2D eigenvalue weighted by atomic mass is 35.5. The van der Waals surface area contributed by atoms with Gasteiger partial charge in [0.25, 0.3) is 0 Å². The van der Waals surface area contributed by atoms with Crippen LogP contribution in [0.5, 0.6) is 0 Å². The molecule has 1 saturated carbocycles. The number of anilines is 1. The predicted octanol–water partition coefficient (Wildman–Crippen LogP) is 3.25. The number of piperidine rings is 1. The van der Waals surface area contributed by atoms with E-state index in [4.69, 9.17) is 4.98 Å². The number of hydrogen-bond donors (Lipinski definition) is 0. The smallest absolute Gasteiger partial charge is 0.210 e. The summed E-state index contributed by atoms with van der Waals surface area (Å²) in [5.41, 5.74) is 1.18. The first kappa shape index (κ1) is 19.4. The number of amides is 1. The van der Waals surface area contributed by atoms with Crippen molar-refractivity contribution in [3.8, 4) is 0 Å². The van der Waals surface area contributed by atoms with Crippen LogP contribution in [0.3, 0.4) is 0 Å². The summed E-state index contributed by atoms with van der Waals surface area (Å²) < 4.78 is 0. The molecule has 0 N–H and O–H groups in total. The Morgan fingerprint density at radius 3 is 2.31 bits per heavy atom. The standard InChI is InChI=1S/C20H30N4O.ClH/c25-16-24-10-4-3-7-19(24)17-8-9-20(21-15-17)23-13-11-22(12-14-23)18-5-1-2-6-18;/h8-9,15-16,18-19H,1-7,10-14H2;1H. The van der Waals surface area contributed by atoms with Crippen LogP contribution in [-0.4, -0.2) is 60.0 Å². The van der Waals surface area contributed by atoms with Crippen molar-refractivity contribution in [2.75, 3.05) is 37.6 Å². The van der Waals surface area contributed by atoms with E-state index in [0.717, 1.165) is 63.8 Å². The Morgan fingerprint density at radius 2 is 1.65 bits per heavy atom. The number of piperazine rings is 1. The lowest BCUT2D eigenvalue weighted by Crippen LogP contribution is -2.50. The number of pyridine rings is 1. The zero-order chi connectivity index (χ0) is 17.1. The van der Waals surface area contributed by atoms with Gasteiger partial charge in [-0.05, 0) is 43.7 Å². The summed E-state index contributed by atoms with van der Waals surface area (Å²) in [6, 6.07) is 5.38. The average Bonchev–Trinajstić information content (AvgIpc) is 3.23. The molecule has 144 valence electrons. The molecule has 2 aliphatic heterocycles. The van der Waals surface area contributed by atoms with E-state index in [1.54, 1.807) is 0 Å². The Balaban J connectivity index is 0.00000196. The molecular weight excluding hydrogens is 348 g/mol. The fourth-order valence-corrected chi connectivity index (χ4v) is 4.81. The Kier molecular flexibility index (Phi) is 6.76. The molecule has 1 atom stereocenters. The molecule has 0 radical (unpaired) electrons. The van der Waals surface area contributed by atoms with Crippen molar-refractivity contribution in [2.45, 2.75) is 57.0 Å². The van der Waals surface area contributed by atoms with Gasteiger partial charge < -0.3 is 9.80 Å². The van der Waals surface area contributed by atoms with Gasteiger partial charge in [-0.3, -0.25) is 9.69 Å². The molecule has 0 aromatic carbocycles. The molecular formula is C20H31ClN4O. The molecule has 1 aliphatic carbocycles. The van der Waals surface area contributed by atoms with Crippen LogP contribution >= 0.6 is 12.4 Å². The molecule has 0 bridgehead atoms. The van der Waals surface area contributed by atoms with Crippen molar-refractivity contribution >= 4 is 24.6 Å². The fourth-order valence-electron chi connectivity index (χ4n) is 4.81.